The van der Waals surface area contributed by atoms with Gasteiger partial charge in [0.25, 0.3) is 12.2 Å². The van der Waals surface area contributed by atoms with Crippen molar-refractivity contribution in [3.8, 4) is 12.1 Å². The number of alkyl halides is 12. The molecule has 0 fully saturated rings. The van der Waals surface area contributed by atoms with Crippen molar-refractivity contribution in [2.24, 2.45) is 0 Å². The average molecular weight is 944 g/mol. The standard InChI is InChI=1S/C17H6F6N2O.C14H6F6O2.C3H2N2.4ClH.Ti/c1-25-14(8-24)9-2-5-15(26)12(6-9)11-4-3-10(16(18,19)20)7-13(11)17(21,22)23;15-13(16,17)7-1-3-9(11(5-7)14(18,19)20)10-6-8(21)2-4-12(10)22;1-5-3-2-4;;;;;/h2-7H;1-6H;3H2;4*1H;/q;;;;;;;+4/p-4/b14-9+;;;;;;;. The van der Waals surface area contributed by atoms with Crippen molar-refractivity contribution in [1.82, 2.24) is 0 Å². The van der Waals surface area contributed by atoms with E-state index in [0.29, 0.717) is 30.3 Å². The Balaban J connectivity index is 0.000000474. The summed E-state index contributed by atoms with van der Waals surface area (Å²) >= 11 is -3.11. The Kier molecular flexibility index (Phi) is 18.3. The third-order valence-corrected chi connectivity index (χ3v) is 6.46. The third-order valence-electron chi connectivity index (χ3n) is 6.46. The molecule has 0 radical (unpaired) electrons. The van der Waals surface area contributed by atoms with Crippen LogP contribution in [0.25, 0.3) is 20.8 Å². The van der Waals surface area contributed by atoms with Crippen LogP contribution in [0.5, 0.6) is 0 Å². The third kappa shape index (κ3) is 16.2. The van der Waals surface area contributed by atoms with Crippen LogP contribution in [0.4, 0.5) is 52.7 Å². The quantitative estimate of drug-likeness (QED) is 0.0744. The first-order valence-corrected chi connectivity index (χ1v) is 23.0. The summed E-state index contributed by atoms with van der Waals surface area (Å²) < 4.78 is 155. The number of allylic oxidation sites excluding steroid dienone is 10. The van der Waals surface area contributed by atoms with E-state index in [9.17, 15) is 67.1 Å². The minimum atomic E-state index is -5.15. The molecule has 2 aliphatic rings. The first kappa shape index (κ1) is 51.2. The second-order valence-corrected chi connectivity index (χ2v) is 25.8. The summed E-state index contributed by atoms with van der Waals surface area (Å²) in [5.74, 6) is -2.49. The van der Waals surface area contributed by atoms with Crippen molar-refractivity contribution in [3.63, 3.8) is 0 Å². The Hall–Kier alpha value is -4.86. The van der Waals surface area contributed by atoms with E-state index in [4.69, 9.17) is 60.9 Å². The predicted octanol–water partition coefficient (Wildman–Crippen LogP) is 11.9. The van der Waals surface area contributed by atoms with Gasteiger partial charge < -0.3 is 4.85 Å². The van der Waals surface area contributed by atoms with Gasteiger partial charge >= 0.3 is 74.3 Å². The summed E-state index contributed by atoms with van der Waals surface area (Å²) in [7, 11) is 20.1. The van der Waals surface area contributed by atoms with Crippen molar-refractivity contribution in [1.29, 1.82) is 10.5 Å². The van der Waals surface area contributed by atoms with E-state index in [1.165, 1.54) is 6.07 Å². The number of benzene rings is 2. The summed E-state index contributed by atoms with van der Waals surface area (Å²) in [6.45, 7) is 12.8. The number of halogens is 16. The van der Waals surface area contributed by atoms with Gasteiger partial charge in [-0.2, -0.15) is 57.9 Å². The number of nitrogens with zero attached hydrogens (tertiary/aromatic N) is 4. The number of rotatable bonds is 2. The monoisotopic (exact) mass is 942 g/mol. The zero-order valence-corrected chi connectivity index (χ0v) is 32.3. The van der Waals surface area contributed by atoms with E-state index in [0.717, 1.165) is 30.4 Å². The molecule has 0 bridgehead atoms. The molecule has 0 amide bonds. The van der Waals surface area contributed by atoms with Gasteiger partial charge in [0, 0.05) is 11.1 Å². The van der Waals surface area contributed by atoms with Gasteiger partial charge in [-0.3, -0.25) is 14.4 Å². The molecule has 7 nitrogen and oxygen atoms in total. The zero-order chi connectivity index (χ0) is 45.0. The van der Waals surface area contributed by atoms with Crippen LogP contribution in [-0.2, 0) is 51.4 Å². The summed E-state index contributed by atoms with van der Waals surface area (Å²) in [5.41, 5.74) is -9.50. The summed E-state index contributed by atoms with van der Waals surface area (Å²) in [6, 6.07) is 5.00. The maximum absolute atomic E-state index is 13.2. The molecule has 2 aromatic carbocycles. The molecule has 0 N–H and O–H groups in total. The molecule has 2 aromatic rings. The van der Waals surface area contributed by atoms with Crippen molar-refractivity contribution in [2.75, 3.05) is 6.54 Å². The van der Waals surface area contributed by atoms with Gasteiger partial charge in [0.1, 0.15) is 6.07 Å². The van der Waals surface area contributed by atoms with Crippen LogP contribution in [0.1, 0.15) is 33.4 Å². The number of ketones is 3. The second-order valence-electron chi connectivity index (χ2n) is 10.4. The molecule has 0 aromatic heterocycles. The Morgan fingerprint density at radius 1 is 0.638 bits per heavy atom. The van der Waals surface area contributed by atoms with Crippen molar-refractivity contribution in [2.45, 2.75) is 24.7 Å². The van der Waals surface area contributed by atoms with Gasteiger partial charge in [-0.25, -0.2) is 16.7 Å². The molecule has 0 heterocycles. The van der Waals surface area contributed by atoms with Crippen LogP contribution in [0.3, 0.4) is 0 Å². The zero-order valence-electron chi connectivity index (χ0n) is 27.7. The van der Waals surface area contributed by atoms with Crippen molar-refractivity contribution in [3.05, 3.63) is 140 Å². The normalized spacial score (nSPS) is 14.9. The van der Waals surface area contributed by atoms with Gasteiger partial charge in [0.05, 0.1) is 34.9 Å². The van der Waals surface area contributed by atoms with Gasteiger partial charge in [-0.1, -0.05) is 24.3 Å². The number of hydrogen-bond acceptors (Lipinski definition) is 5. The van der Waals surface area contributed by atoms with E-state index in [1.807, 2.05) is 0 Å². The molecular formula is C34H14Cl4F12N4O3Ti. The van der Waals surface area contributed by atoms with Gasteiger partial charge in [-0.15, -0.1) is 0 Å². The first-order chi connectivity index (χ1) is 26.4. The fraction of sp³-hybridized carbons (Fsp3) is 0.147. The van der Waals surface area contributed by atoms with Crippen LogP contribution < -0.4 is 0 Å². The number of nitriles is 2. The average Bonchev–Trinajstić information content (AvgIpc) is 3.09. The maximum atomic E-state index is 13.2. The van der Waals surface area contributed by atoms with E-state index < -0.39 is 105 Å². The van der Waals surface area contributed by atoms with Crippen LogP contribution in [-0.4, -0.2) is 23.9 Å². The molecule has 0 atom stereocenters. The molecule has 304 valence electrons. The van der Waals surface area contributed by atoms with Gasteiger partial charge in [0.2, 0.25) is 0 Å². The SMILES string of the molecule is O=C1C=CC(=O)C(c2ccc(C(F)(F)F)cc2C(F)(F)F)=C1.[C-]#[N+]/C(C#N)=C1\C=CC(=O)C(c2ccc(C(F)(F)F)cc2C(F)(F)F)=C1.[C-]#[N+]CC#N.[Cl][Ti]([Cl])([Cl])[Cl]. The molecule has 0 saturated carbocycles. The second kappa shape index (κ2) is 20.7. The Labute approximate surface area is 337 Å². The van der Waals surface area contributed by atoms with Gasteiger partial charge in [0.15, 0.2) is 17.3 Å². The Bertz CT molecular complexity index is 2240. The van der Waals surface area contributed by atoms with E-state index in [1.54, 1.807) is 6.07 Å². The van der Waals surface area contributed by atoms with Crippen LogP contribution >= 0.6 is 37.2 Å². The van der Waals surface area contributed by atoms with E-state index >= 15 is 0 Å². The Morgan fingerprint density at radius 2 is 1.03 bits per heavy atom. The molecule has 0 saturated heterocycles. The van der Waals surface area contributed by atoms with E-state index in [2.05, 4.69) is 9.69 Å². The molecule has 58 heavy (non-hydrogen) atoms. The molecule has 4 rings (SSSR count). The predicted molar refractivity (Wildman–Crippen MR) is 182 cm³/mol. The van der Waals surface area contributed by atoms with E-state index in [-0.39, 0.29) is 24.3 Å². The van der Waals surface area contributed by atoms with Crippen molar-refractivity contribution < 1.29 is 79.4 Å². The summed E-state index contributed by atoms with van der Waals surface area (Å²) in [4.78, 5) is 40.4. The molecule has 0 unspecified atom stereocenters. The van der Waals surface area contributed by atoms with Crippen LogP contribution in [0.2, 0.25) is 0 Å². The van der Waals surface area contributed by atoms with Gasteiger partial charge in [-0.05, 0) is 65.3 Å². The first-order valence-electron chi connectivity index (χ1n) is 14.4. The molecular weight excluding hydrogens is 930 g/mol. The minimum absolute atomic E-state index is 0.0139. The number of carbonyl (C=O) groups is 3. The fourth-order valence-electron chi connectivity index (χ4n) is 4.18. The fourth-order valence-corrected chi connectivity index (χ4v) is 4.18. The summed E-state index contributed by atoms with van der Waals surface area (Å²) in [5, 5.41) is 16.4. The Morgan fingerprint density at radius 3 is 1.34 bits per heavy atom. The topological polar surface area (TPSA) is 108 Å². The number of carbonyl (C=O) groups excluding carboxylic acids is 3. The van der Waals surface area contributed by atoms with Crippen molar-refractivity contribution >= 4 is 65.7 Å². The summed E-state index contributed by atoms with van der Waals surface area (Å²) in [6.07, 6.45) is -15.1. The molecule has 0 aliphatic heterocycles. The number of hydrogen-bond donors (Lipinski definition) is 0. The van der Waals surface area contributed by atoms with Crippen LogP contribution in [0.15, 0.2) is 84.1 Å². The molecule has 2 aliphatic carbocycles. The molecule has 0 spiro atoms. The van der Waals surface area contributed by atoms with Crippen LogP contribution in [0, 0.1) is 35.8 Å². The molecule has 24 heteroatoms.